The lowest BCUT2D eigenvalue weighted by Gasteiger charge is -2.29. The number of aromatic nitrogens is 2. The van der Waals surface area contributed by atoms with Crippen molar-refractivity contribution in [1.82, 2.24) is 9.97 Å². The first-order valence-corrected chi connectivity index (χ1v) is 6.01. The van der Waals surface area contributed by atoms with Gasteiger partial charge in [0, 0.05) is 5.54 Å². The first-order chi connectivity index (χ1) is 8.65. The van der Waals surface area contributed by atoms with E-state index in [1.165, 1.54) is 25.2 Å². The predicted molar refractivity (Wildman–Crippen MR) is 68.3 cm³/mol. The molecule has 0 bridgehead atoms. The molecule has 0 spiro atoms. The van der Waals surface area contributed by atoms with Crippen molar-refractivity contribution in [3.63, 3.8) is 0 Å². The average Bonchev–Trinajstić information content (AvgIpc) is 2.79. The Bertz CT molecular complexity index is 438. The van der Waals surface area contributed by atoms with Crippen LogP contribution in [0.2, 0.25) is 0 Å². The molecule has 18 heavy (non-hydrogen) atoms. The van der Waals surface area contributed by atoms with Crippen LogP contribution in [-0.4, -0.2) is 20.4 Å². The van der Waals surface area contributed by atoms with Crippen molar-refractivity contribution in [1.29, 1.82) is 0 Å². The molecule has 1 aromatic heterocycles. The summed E-state index contributed by atoms with van der Waals surface area (Å²) < 4.78 is 0. The molecule has 1 saturated carbocycles. The van der Waals surface area contributed by atoms with E-state index in [4.69, 9.17) is 0 Å². The number of anilines is 1. The SMILES string of the molecule is C=CCC1(Nc2ncc([N+](=O)[O-])cn2)CCCC1. The van der Waals surface area contributed by atoms with E-state index in [1.807, 2.05) is 6.08 Å². The Balaban J connectivity index is 2.11. The number of hydrogen-bond acceptors (Lipinski definition) is 5. The normalized spacial score (nSPS) is 17.3. The van der Waals surface area contributed by atoms with Gasteiger partial charge in [0.2, 0.25) is 5.95 Å². The highest BCUT2D eigenvalue weighted by molar-refractivity contribution is 5.34. The zero-order chi connectivity index (χ0) is 13.0. The van der Waals surface area contributed by atoms with Crippen LogP contribution in [0.1, 0.15) is 32.1 Å². The van der Waals surface area contributed by atoms with Gasteiger partial charge in [0.05, 0.1) is 4.92 Å². The molecule has 1 N–H and O–H groups in total. The van der Waals surface area contributed by atoms with Crippen LogP contribution in [0, 0.1) is 10.1 Å². The van der Waals surface area contributed by atoms with E-state index in [9.17, 15) is 10.1 Å². The van der Waals surface area contributed by atoms with Crippen LogP contribution < -0.4 is 5.32 Å². The maximum absolute atomic E-state index is 10.5. The summed E-state index contributed by atoms with van der Waals surface area (Å²) in [6.07, 6.45) is 9.66. The van der Waals surface area contributed by atoms with Crippen molar-refractivity contribution in [3.8, 4) is 0 Å². The molecule has 0 unspecified atom stereocenters. The third-order valence-corrected chi connectivity index (χ3v) is 3.32. The average molecular weight is 248 g/mol. The van der Waals surface area contributed by atoms with Crippen LogP contribution >= 0.6 is 0 Å². The summed E-state index contributed by atoms with van der Waals surface area (Å²) in [5.41, 5.74) is -0.123. The smallest absolute Gasteiger partial charge is 0.305 e. The third-order valence-electron chi connectivity index (χ3n) is 3.32. The number of nitrogens with one attached hydrogen (secondary N) is 1. The number of nitro groups is 1. The highest BCUT2D eigenvalue weighted by Gasteiger charge is 2.33. The first-order valence-electron chi connectivity index (χ1n) is 6.01. The van der Waals surface area contributed by atoms with Gasteiger partial charge < -0.3 is 5.32 Å². The molecule has 0 amide bonds. The fourth-order valence-corrected chi connectivity index (χ4v) is 2.43. The van der Waals surface area contributed by atoms with Gasteiger partial charge in [0.25, 0.3) is 0 Å². The van der Waals surface area contributed by atoms with Crippen molar-refractivity contribution >= 4 is 11.6 Å². The molecule has 1 aromatic rings. The molecule has 96 valence electrons. The van der Waals surface area contributed by atoms with E-state index in [1.54, 1.807) is 0 Å². The summed E-state index contributed by atoms with van der Waals surface area (Å²) in [6, 6.07) is 0. The Labute approximate surface area is 105 Å². The Morgan fingerprint density at radius 2 is 2.06 bits per heavy atom. The highest BCUT2D eigenvalue weighted by atomic mass is 16.6. The Morgan fingerprint density at radius 3 is 2.56 bits per heavy atom. The van der Waals surface area contributed by atoms with Crippen LogP contribution in [0.4, 0.5) is 11.6 Å². The van der Waals surface area contributed by atoms with Gasteiger partial charge in [0.1, 0.15) is 12.4 Å². The largest absolute Gasteiger partial charge is 0.348 e. The molecule has 0 radical (unpaired) electrons. The number of hydrogen-bond donors (Lipinski definition) is 1. The van der Waals surface area contributed by atoms with Gasteiger partial charge in [-0.25, -0.2) is 9.97 Å². The van der Waals surface area contributed by atoms with Crippen molar-refractivity contribution in [2.24, 2.45) is 0 Å². The maximum Gasteiger partial charge on any atom is 0.305 e. The van der Waals surface area contributed by atoms with Crippen LogP contribution in [-0.2, 0) is 0 Å². The zero-order valence-electron chi connectivity index (χ0n) is 10.1. The van der Waals surface area contributed by atoms with Crippen LogP contribution in [0.5, 0.6) is 0 Å². The second kappa shape index (κ2) is 5.12. The fraction of sp³-hybridized carbons (Fsp3) is 0.500. The maximum atomic E-state index is 10.5. The molecular formula is C12H16N4O2. The molecule has 1 aliphatic carbocycles. The summed E-state index contributed by atoms with van der Waals surface area (Å²) in [4.78, 5) is 18.0. The summed E-state index contributed by atoms with van der Waals surface area (Å²) in [7, 11) is 0. The van der Waals surface area contributed by atoms with Gasteiger partial charge >= 0.3 is 5.69 Å². The lowest BCUT2D eigenvalue weighted by molar-refractivity contribution is -0.385. The van der Waals surface area contributed by atoms with E-state index in [2.05, 4.69) is 21.9 Å². The van der Waals surface area contributed by atoms with E-state index in [-0.39, 0.29) is 11.2 Å². The summed E-state index contributed by atoms with van der Waals surface area (Å²) >= 11 is 0. The lowest BCUT2D eigenvalue weighted by atomic mass is 9.93. The third kappa shape index (κ3) is 2.64. The molecule has 1 fully saturated rings. The van der Waals surface area contributed by atoms with Gasteiger partial charge in [-0.05, 0) is 19.3 Å². The van der Waals surface area contributed by atoms with Crippen molar-refractivity contribution in [3.05, 3.63) is 35.2 Å². The molecule has 0 aromatic carbocycles. The second-order valence-corrected chi connectivity index (χ2v) is 4.63. The first kappa shape index (κ1) is 12.5. The van der Waals surface area contributed by atoms with E-state index in [0.29, 0.717) is 5.95 Å². The van der Waals surface area contributed by atoms with Crippen molar-refractivity contribution in [2.75, 3.05) is 5.32 Å². The quantitative estimate of drug-likeness (QED) is 0.492. The molecule has 0 aliphatic heterocycles. The Morgan fingerprint density at radius 1 is 1.44 bits per heavy atom. The van der Waals surface area contributed by atoms with Gasteiger partial charge in [-0.3, -0.25) is 10.1 Å². The highest BCUT2D eigenvalue weighted by Crippen LogP contribution is 2.35. The summed E-state index contributed by atoms with van der Waals surface area (Å²) in [6.45, 7) is 3.78. The molecule has 0 atom stereocenters. The Hall–Kier alpha value is -1.98. The van der Waals surface area contributed by atoms with Gasteiger partial charge in [-0.15, -0.1) is 6.58 Å². The topological polar surface area (TPSA) is 81.0 Å². The minimum atomic E-state index is -0.501. The van der Waals surface area contributed by atoms with Gasteiger partial charge in [-0.2, -0.15) is 0 Å². The lowest BCUT2D eigenvalue weighted by Crippen LogP contribution is -2.35. The molecule has 0 saturated heterocycles. The minimum absolute atomic E-state index is 0.0299. The molecule has 6 heteroatoms. The van der Waals surface area contributed by atoms with Crippen LogP contribution in [0.3, 0.4) is 0 Å². The minimum Gasteiger partial charge on any atom is -0.348 e. The number of rotatable bonds is 5. The van der Waals surface area contributed by atoms with Crippen LogP contribution in [0.15, 0.2) is 25.0 Å². The number of nitrogens with zero attached hydrogens (tertiary/aromatic N) is 3. The summed E-state index contributed by atoms with van der Waals surface area (Å²) in [5.74, 6) is 0.448. The molecule has 1 aliphatic rings. The Kier molecular flexibility index (Phi) is 3.55. The second-order valence-electron chi connectivity index (χ2n) is 4.63. The van der Waals surface area contributed by atoms with Crippen molar-refractivity contribution < 1.29 is 4.92 Å². The predicted octanol–water partition coefficient (Wildman–Crippen LogP) is 2.69. The fourth-order valence-electron chi connectivity index (χ4n) is 2.43. The van der Waals surface area contributed by atoms with E-state index >= 15 is 0 Å². The van der Waals surface area contributed by atoms with Gasteiger partial charge in [0.15, 0.2) is 0 Å². The van der Waals surface area contributed by atoms with E-state index < -0.39 is 4.92 Å². The molecular weight excluding hydrogens is 232 g/mol. The van der Waals surface area contributed by atoms with Crippen LogP contribution in [0.25, 0.3) is 0 Å². The van der Waals surface area contributed by atoms with E-state index in [0.717, 1.165) is 19.3 Å². The van der Waals surface area contributed by atoms with Crippen molar-refractivity contribution in [2.45, 2.75) is 37.6 Å². The molecule has 2 rings (SSSR count). The standard InChI is InChI=1S/C12H16N4O2/c1-2-5-12(6-3-4-7-12)15-11-13-8-10(9-14-11)16(17)18/h2,8-9H,1,3-7H2,(H,13,14,15). The zero-order valence-corrected chi connectivity index (χ0v) is 10.1. The molecule has 1 heterocycles. The monoisotopic (exact) mass is 248 g/mol. The molecule has 6 nitrogen and oxygen atoms in total. The summed E-state index contributed by atoms with van der Waals surface area (Å²) in [5, 5.41) is 13.8. The van der Waals surface area contributed by atoms with Gasteiger partial charge in [-0.1, -0.05) is 18.9 Å².